The molecule has 0 aliphatic heterocycles. The highest BCUT2D eigenvalue weighted by Gasteiger charge is 2.11. The number of hydrogen-bond donors (Lipinski definition) is 1. The maximum atomic E-state index is 13.5. The molecule has 0 spiro atoms. The molecule has 25 heavy (non-hydrogen) atoms. The Labute approximate surface area is 143 Å². The molecule has 6 heteroatoms. The van der Waals surface area contributed by atoms with Gasteiger partial charge in [0.1, 0.15) is 11.6 Å². The quantitative estimate of drug-likeness (QED) is 0.616. The second kappa shape index (κ2) is 6.24. The van der Waals surface area contributed by atoms with Gasteiger partial charge in [-0.3, -0.25) is 9.97 Å². The molecule has 4 aromatic rings. The summed E-state index contributed by atoms with van der Waals surface area (Å²) in [6, 6.07) is 11.2. The van der Waals surface area contributed by atoms with Gasteiger partial charge in [0.25, 0.3) is 0 Å². The largest absolute Gasteiger partial charge is 0.373 e. The molecule has 122 valence electrons. The summed E-state index contributed by atoms with van der Waals surface area (Å²) in [5.74, 6) is 0.686. The first-order chi connectivity index (χ1) is 12.2. The Morgan fingerprint density at radius 1 is 0.880 bits per heavy atom. The number of rotatable bonds is 3. The lowest BCUT2D eigenvalue weighted by molar-refractivity contribution is 0.622. The van der Waals surface area contributed by atoms with Gasteiger partial charge < -0.3 is 5.32 Å². The van der Waals surface area contributed by atoms with Gasteiger partial charge in [0.15, 0.2) is 5.82 Å². The molecule has 0 atom stereocenters. The van der Waals surface area contributed by atoms with E-state index in [1.165, 1.54) is 6.07 Å². The van der Waals surface area contributed by atoms with Crippen molar-refractivity contribution >= 4 is 16.7 Å². The zero-order valence-electron chi connectivity index (χ0n) is 13.4. The van der Waals surface area contributed by atoms with E-state index in [1.807, 2.05) is 30.3 Å². The number of hydrogen-bond acceptors (Lipinski definition) is 5. The maximum Gasteiger partial charge on any atom is 0.163 e. The van der Waals surface area contributed by atoms with Crippen molar-refractivity contribution in [2.75, 3.05) is 12.4 Å². The van der Waals surface area contributed by atoms with Crippen LogP contribution in [0.1, 0.15) is 0 Å². The van der Waals surface area contributed by atoms with Crippen LogP contribution in [0.2, 0.25) is 0 Å². The first kappa shape index (κ1) is 15.1. The van der Waals surface area contributed by atoms with Crippen molar-refractivity contribution in [2.45, 2.75) is 0 Å². The normalized spacial score (nSPS) is 10.8. The molecule has 0 unspecified atom stereocenters. The molecule has 0 fully saturated rings. The molecule has 0 saturated heterocycles. The highest BCUT2D eigenvalue weighted by Crippen LogP contribution is 2.28. The number of fused-ring (bicyclic) bond motifs is 1. The minimum atomic E-state index is -0.420. The fourth-order valence-electron chi connectivity index (χ4n) is 2.70. The lowest BCUT2D eigenvalue weighted by Gasteiger charge is -2.10. The molecule has 0 bridgehead atoms. The van der Waals surface area contributed by atoms with E-state index in [0.29, 0.717) is 17.2 Å². The maximum absolute atomic E-state index is 13.5. The number of pyridine rings is 2. The fraction of sp³-hybridized carbons (Fsp3) is 0.0526. The van der Waals surface area contributed by atoms with Crippen molar-refractivity contribution in [3.8, 4) is 22.5 Å². The number of halogens is 1. The van der Waals surface area contributed by atoms with Gasteiger partial charge in [-0.2, -0.15) is 0 Å². The molecule has 3 heterocycles. The Morgan fingerprint density at radius 3 is 2.52 bits per heavy atom. The second-order valence-electron chi connectivity index (χ2n) is 5.51. The summed E-state index contributed by atoms with van der Waals surface area (Å²) >= 11 is 0. The van der Waals surface area contributed by atoms with Crippen molar-refractivity contribution < 1.29 is 4.39 Å². The number of anilines is 1. The molecule has 1 aromatic carbocycles. The fourth-order valence-corrected chi connectivity index (χ4v) is 2.70. The van der Waals surface area contributed by atoms with E-state index in [4.69, 9.17) is 0 Å². The van der Waals surface area contributed by atoms with Crippen molar-refractivity contribution in [3.05, 3.63) is 67.0 Å². The molecular weight excluding hydrogens is 317 g/mol. The first-order valence-electron chi connectivity index (χ1n) is 7.75. The van der Waals surface area contributed by atoms with Gasteiger partial charge in [0, 0.05) is 42.2 Å². The molecule has 3 aromatic heterocycles. The van der Waals surface area contributed by atoms with Crippen molar-refractivity contribution in [1.29, 1.82) is 0 Å². The van der Waals surface area contributed by atoms with Gasteiger partial charge in [0.05, 0.1) is 11.7 Å². The molecule has 1 N–H and O–H groups in total. The summed E-state index contributed by atoms with van der Waals surface area (Å²) in [5.41, 5.74) is 3.30. The van der Waals surface area contributed by atoms with Crippen LogP contribution in [0, 0.1) is 5.82 Å². The number of aromatic nitrogens is 4. The number of nitrogens with one attached hydrogen (secondary N) is 1. The second-order valence-corrected chi connectivity index (χ2v) is 5.51. The third kappa shape index (κ3) is 2.89. The predicted molar refractivity (Wildman–Crippen MR) is 95.5 cm³/mol. The van der Waals surface area contributed by atoms with Crippen molar-refractivity contribution in [1.82, 2.24) is 19.9 Å². The van der Waals surface area contributed by atoms with Gasteiger partial charge >= 0.3 is 0 Å². The zero-order chi connectivity index (χ0) is 17.2. The molecule has 0 radical (unpaired) electrons. The Balaban J connectivity index is 1.92. The lowest BCUT2D eigenvalue weighted by Crippen LogP contribution is -1.99. The van der Waals surface area contributed by atoms with Crippen LogP contribution in [0.3, 0.4) is 0 Å². The third-order valence-corrected chi connectivity index (χ3v) is 3.89. The van der Waals surface area contributed by atoms with Gasteiger partial charge in [0.2, 0.25) is 0 Å². The Hall–Kier alpha value is -3.41. The van der Waals surface area contributed by atoms with E-state index in [0.717, 1.165) is 28.2 Å². The van der Waals surface area contributed by atoms with Crippen LogP contribution in [0.4, 0.5) is 10.2 Å². The topological polar surface area (TPSA) is 63.6 Å². The standard InChI is InChI=1S/C19H14FN5/c1-21-19-16-5-4-12(13-3-2-6-22-9-13)8-17(16)24-18(25-19)14-7-15(20)11-23-10-14/h2-11H,1H3,(H,21,24,25). The zero-order valence-corrected chi connectivity index (χ0v) is 13.4. The summed E-state index contributed by atoms with van der Waals surface area (Å²) in [4.78, 5) is 17.1. The predicted octanol–water partition coefficient (Wildman–Crippen LogP) is 3.93. The molecule has 5 nitrogen and oxygen atoms in total. The van der Waals surface area contributed by atoms with Crippen molar-refractivity contribution in [2.24, 2.45) is 0 Å². The lowest BCUT2D eigenvalue weighted by atomic mass is 10.1. The molecule has 0 amide bonds. The first-order valence-corrected chi connectivity index (χ1v) is 7.75. The summed E-state index contributed by atoms with van der Waals surface area (Å²) in [7, 11) is 1.80. The summed E-state index contributed by atoms with van der Waals surface area (Å²) < 4.78 is 13.5. The van der Waals surface area contributed by atoms with Crippen LogP contribution in [0.25, 0.3) is 33.4 Å². The average molecular weight is 331 g/mol. The van der Waals surface area contributed by atoms with Crippen LogP contribution >= 0.6 is 0 Å². The van der Waals surface area contributed by atoms with E-state index < -0.39 is 5.82 Å². The van der Waals surface area contributed by atoms with Crippen LogP contribution in [0.15, 0.2) is 61.2 Å². The van der Waals surface area contributed by atoms with Crippen LogP contribution in [-0.2, 0) is 0 Å². The van der Waals surface area contributed by atoms with E-state index in [-0.39, 0.29) is 0 Å². The number of benzene rings is 1. The van der Waals surface area contributed by atoms with Gasteiger partial charge in [-0.1, -0.05) is 12.1 Å². The van der Waals surface area contributed by atoms with E-state index in [2.05, 4.69) is 25.3 Å². The molecular formula is C19H14FN5. The summed E-state index contributed by atoms with van der Waals surface area (Å²) in [6.45, 7) is 0. The molecule has 0 aliphatic rings. The smallest absolute Gasteiger partial charge is 0.163 e. The highest BCUT2D eigenvalue weighted by atomic mass is 19.1. The average Bonchev–Trinajstić information content (AvgIpc) is 2.67. The minimum Gasteiger partial charge on any atom is -0.373 e. The number of nitrogens with zero attached hydrogens (tertiary/aromatic N) is 4. The molecule has 4 rings (SSSR count). The van der Waals surface area contributed by atoms with Crippen LogP contribution in [-0.4, -0.2) is 27.0 Å². The van der Waals surface area contributed by atoms with Crippen molar-refractivity contribution in [3.63, 3.8) is 0 Å². The van der Waals surface area contributed by atoms with Crippen LogP contribution < -0.4 is 5.32 Å². The Kier molecular flexibility index (Phi) is 3.78. The minimum absolute atomic E-state index is 0.420. The summed E-state index contributed by atoms with van der Waals surface area (Å²) in [6.07, 6.45) is 6.25. The Bertz CT molecular complexity index is 1050. The van der Waals surface area contributed by atoms with E-state index in [9.17, 15) is 4.39 Å². The van der Waals surface area contributed by atoms with Gasteiger partial charge in [-0.05, 0) is 29.8 Å². The van der Waals surface area contributed by atoms with Crippen LogP contribution in [0.5, 0.6) is 0 Å². The summed E-state index contributed by atoms with van der Waals surface area (Å²) in [5, 5.41) is 3.97. The SMILES string of the molecule is CNc1nc(-c2cncc(F)c2)nc2cc(-c3cccnc3)ccc12. The molecule has 0 saturated carbocycles. The Morgan fingerprint density at radius 2 is 1.76 bits per heavy atom. The monoisotopic (exact) mass is 331 g/mol. The third-order valence-electron chi connectivity index (χ3n) is 3.89. The van der Waals surface area contributed by atoms with Gasteiger partial charge in [-0.25, -0.2) is 14.4 Å². The van der Waals surface area contributed by atoms with E-state index in [1.54, 1.807) is 25.6 Å². The van der Waals surface area contributed by atoms with E-state index >= 15 is 0 Å². The molecule has 0 aliphatic carbocycles. The highest BCUT2D eigenvalue weighted by molar-refractivity contribution is 5.93. The van der Waals surface area contributed by atoms with Gasteiger partial charge in [-0.15, -0.1) is 0 Å².